The molecule has 0 saturated heterocycles. The normalized spacial score (nSPS) is 10.1. The summed E-state index contributed by atoms with van der Waals surface area (Å²) in [6.07, 6.45) is 0. The average Bonchev–Trinajstić information content (AvgIpc) is 2.71. The summed E-state index contributed by atoms with van der Waals surface area (Å²) in [6, 6.07) is 12.3. The third kappa shape index (κ3) is 4.91. The highest BCUT2D eigenvalue weighted by Crippen LogP contribution is 2.28. The Morgan fingerprint density at radius 1 is 0.852 bits per heavy atom. The minimum absolute atomic E-state index is 0.141. The molecule has 0 aliphatic rings. The summed E-state index contributed by atoms with van der Waals surface area (Å²) >= 11 is 0. The van der Waals surface area contributed by atoms with Crippen LogP contribution >= 0.6 is 0 Å². The summed E-state index contributed by atoms with van der Waals surface area (Å²) in [5.74, 6) is 0.280. The summed E-state index contributed by atoms with van der Waals surface area (Å²) in [5.41, 5.74) is 0.997. The first kappa shape index (κ1) is 20.1. The zero-order valence-electron chi connectivity index (χ0n) is 15.9. The predicted octanol–water partition coefficient (Wildman–Crippen LogP) is 2.53. The molecule has 7 nitrogen and oxygen atoms in total. The summed E-state index contributed by atoms with van der Waals surface area (Å²) in [6.45, 7) is -0.0654. The highest BCUT2D eigenvalue weighted by atomic mass is 16.5. The second kappa shape index (κ2) is 9.47. The first-order valence-corrected chi connectivity index (χ1v) is 8.25. The van der Waals surface area contributed by atoms with Gasteiger partial charge in [-0.2, -0.15) is 0 Å². The molecule has 0 atom stereocenters. The van der Waals surface area contributed by atoms with E-state index in [-0.39, 0.29) is 11.5 Å². The quantitative estimate of drug-likeness (QED) is 0.662. The first-order chi connectivity index (χ1) is 13.0. The number of amides is 1. The molecule has 0 fully saturated rings. The Labute approximate surface area is 158 Å². The minimum atomic E-state index is -0.691. The molecule has 0 bridgehead atoms. The van der Waals surface area contributed by atoms with Gasteiger partial charge in [0, 0.05) is 19.2 Å². The maximum absolute atomic E-state index is 12.4. The van der Waals surface area contributed by atoms with E-state index in [4.69, 9.17) is 18.9 Å². The van der Waals surface area contributed by atoms with E-state index in [9.17, 15) is 9.59 Å². The molecule has 1 amide bonds. The molecule has 0 aliphatic carbocycles. The van der Waals surface area contributed by atoms with E-state index in [0.29, 0.717) is 23.8 Å². The summed E-state index contributed by atoms with van der Waals surface area (Å²) in [5, 5.41) is 0. The van der Waals surface area contributed by atoms with Gasteiger partial charge >= 0.3 is 5.97 Å². The molecule has 27 heavy (non-hydrogen) atoms. The Hall–Kier alpha value is -3.22. The maximum atomic E-state index is 12.4. The highest BCUT2D eigenvalue weighted by molar-refractivity contribution is 5.96. The molecule has 144 valence electrons. The Morgan fingerprint density at radius 2 is 1.41 bits per heavy atom. The highest BCUT2D eigenvalue weighted by Gasteiger charge is 2.21. The van der Waals surface area contributed by atoms with Crippen molar-refractivity contribution >= 4 is 11.9 Å². The van der Waals surface area contributed by atoms with Crippen LogP contribution < -0.4 is 14.2 Å². The lowest BCUT2D eigenvalue weighted by Gasteiger charge is -2.19. The molecule has 0 aliphatic heterocycles. The standard InChI is InChI=1S/C20H23NO6/c1-21(12-14-8-5-6-9-15(14)24-2)18(22)13-27-20(23)19-16(25-3)10-7-11-17(19)26-4/h5-11H,12-13H2,1-4H3. The van der Waals surface area contributed by atoms with Crippen molar-refractivity contribution in [3.8, 4) is 17.2 Å². The van der Waals surface area contributed by atoms with Crippen molar-refractivity contribution < 1.29 is 28.5 Å². The van der Waals surface area contributed by atoms with Crippen molar-refractivity contribution in [2.24, 2.45) is 0 Å². The molecular formula is C20H23NO6. The number of methoxy groups -OCH3 is 3. The number of para-hydroxylation sites is 1. The number of benzene rings is 2. The average molecular weight is 373 g/mol. The van der Waals surface area contributed by atoms with E-state index in [1.807, 2.05) is 24.3 Å². The zero-order chi connectivity index (χ0) is 19.8. The van der Waals surface area contributed by atoms with Crippen molar-refractivity contribution in [1.82, 2.24) is 4.90 Å². The summed E-state index contributed by atoms with van der Waals surface area (Å²) in [4.78, 5) is 26.2. The van der Waals surface area contributed by atoms with Gasteiger partial charge < -0.3 is 23.8 Å². The number of hydrogen-bond donors (Lipinski definition) is 0. The van der Waals surface area contributed by atoms with Crippen LogP contribution in [0.15, 0.2) is 42.5 Å². The number of ether oxygens (including phenoxy) is 4. The van der Waals surface area contributed by atoms with Gasteiger partial charge in [-0.3, -0.25) is 4.79 Å². The van der Waals surface area contributed by atoms with Crippen LogP contribution in [0, 0.1) is 0 Å². The predicted molar refractivity (Wildman–Crippen MR) is 99.3 cm³/mol. The molecule has 2 aromatic carbocycles. The number of likely N-dealkylation sites (N-methyl/N-ethyl adjacent to an activating group) is 1. The molecular weight excluding hydrogens is 350 g/mol. The number of esters is 1. The lowest BCUT2D eigenvalue weighted by Crippen LogP contribution is -2.31. The molecule has 0 unspecified atom stereocenters. The van der Waals surface area contributed by atoms with Crippen molar-refractivity contribution in [2.75, 3.05) is 35.0 Å². The van der Waals surface area contributed by atoms with Crippen LogP contribution in [-0.2, 0) is 16.1 Å². The first-order valence-electron chi connectivity index (χ1n) is 8.25. The van der Waals surface area contributed by atoms with Crippen molar-refractivity contribution in [3.05, 3.63) is 53.6 Å². The van der Waals surface area contributed by atoms with Crippen molar-refractivity contribution in [3.63, 3.8) is 0 Å². The van der Waals surface area contributed by atoms with Crippen LogP contribution in [0.4, 0.5) is 0 Å². The Kier molecular flexibility index (Phi) is 7.05. The van der Waals surface area contributed by atoms with Gasteiger partial charge in [-0.25, -0.2) is 4.79 Å². The van der Waals surface area contributed by atoms with E-state index < -0.39 is 12.6 Å². The van der Waals surface area contributed by atoms with Gasteiger partial charge in [0.15, 0.2) is 6.61 Å². The van der Waals surface area contributed by atoms with Gasteiger partial charge in [0.2, 0.25) is 0 Å². The van der Waals surface area contributed by atoms with Crippen LogP contribution in [0.5, 0.6) is 17.2 Å². The monoisotopic (exact) mass is 373 g/mol. The van der Waals surface area contributed by atoms with Gasteiger partial charge in [0.1, 0.15) is 22.8 Å². The number of rotatable bonds is 8. The number of nitrogens with zero attached hydrogens (tertiary/aromatic N) is 1. The zero-order valence-corrected chi connectivity index (χ0v) is 15.9. The molecule has 0 radical (unpaired) electrons. The van der Waals surface area contributed by atoms with Gasteiger partial charge in [-0.15, -0.1) is 0 Å². The lowest BCUT2D eigenvalue weighted by atomic mass is 10.2. The van der Waals surface area contributed by atoms with Gasteiger partial charge in [-0.1, -0.05) is 24.3 Å². The molecule has 7 heteroatoms. The molecule has 2 rings (SSSR count). The second-order valence-electron chi connectivity index (χ2n) is 5.68. The van der Waals surface area contributed by atoms with Crippen molar-refractivity contribution in [2.45, 2.75) is 6.54 Å². The second-order valence-corrected chi connectivity index (χ2v) is 5.68. The van der Waals surface area contributed by atoms with Crippen LogP contribution in [0.2, 0.25) is 0 Å². The number of carbonyl (C=O) groups excluding carboxylic acids is 2. The van der Waals surface area contributed by atoms with E-state index >= 15 is 0 Å². The Bertz CT molecular complexity index is 783. The van der Waals surface area contributed by atoms with E-state index in [1.165, 1.54) is 19.1 Å². The SMILES string of the molecule is COc1ccccc1CN(C)C(=O)COC(=O)c1c(OC)cccc1OC. The molecule has 0 saturated carbocycles. The third-order valence-corrected chi connectivity index (χ3v) is 3.98. The van der Waals surface area contributed by atoms with Crippen LogP contribution in [0.3, 0.4) is 0 Å². The van der Waals surface area contributed by atoms with Gasteiger partial charge in [0.25, 0.3) is 5.91 Å². The van der Waals surface area contributed by atoms with E-state index in [1.54, 1.807) is 32.4 Å². The maximum Gasteiger partial charge on any atom is 0.346 e. The van der Waals surface area contributed by atoms with Crippen LogP contribution in [0.1, 0.15) is 15.9 Å². The van der Waals surface area contributed by atoms with Crippen LogP contribution in [-0.4, -0.2) is 51.8 Å². The fourth-order valence-corrected chi connectivity index (χ4v) is 2.54. The largest absolute Gasteiger partial charge is 0.496 e. The molecule has 0 heterocycles. The van der Waals surface area contributed by atoms with E-state index in [2.05, 4.69) is 0 Å². The smallest absolute Gasteiger partial charge is 0.346 e. The fraction of sp³-hybridized carbons (Fsp3) is 0.300. The summed E-state index contributed by atoms with van der Waals surface area (Å²) < 4.78 is 20.8. The topological polar surface area (TPSA) is 74.3 Å². The molecule has 0 spiro atoms. The van der Waals surface area contributed by atoms with Gasteiger partial charge in [-0.05, 0) is 18.2 Å². The van der Waals surface area contributed by atoms with Crippen LogP contribution in [0.25, 0.3) is 0 Å². The number of carbonyl (C=O) groups is 2. The Morgan fingerprint density at radius 3 is 2.00 bits per heavy atom. The van der Waals surface area contributed by atoms with E-state index in [0.717, 1.165) is 5.56 Å². The molecule has 0 N–H and O–H groups in total. The fourth-order valence-electron chi connectivity index (χ4n) is 2.54. The minimum Gasteiger partial charge on any atom is -0.496 e. The van der Waals surface area contributed by atoms with Crippen molar-refractivity contribution in [1.29, 1.82) is 0 Å². The molecule has 0 aromatic heterocycles. The lowest BCUT2D eigenvalue weighted by molar-refractivity contribution is -0.133. The molecule has 2 aromatic rings. The summed E-state index contributed by atoms with van der Waals surface area (Å²) in [7, 11) is 6.09. The Balaban J connectivity index is 2.02. The van der Waals surface area contributed by atoms with Gasteiger partial charge in [0.05, 0.1) is 21.3 Å². The number of hydrogen-bond acceptors (Lipinski definition) is 6. The third-order valence-electron chi connectivity index (χ3n) is 3.98.